The van der Waals surface area contributed by atoms with E-state index in [4.69, 9.17) is 0 Å². The zero-order chi connectivity index (χ0) is 4.83. The molecule has 7 heavy (non-hydrogen) atoms. The highest BCUT2D eigenvalue weighted by Crippen LogP contribution is 1.65. The van der Waals surface area contributed by atoms with Crippen LogP contribution in [0.2, 0.25) is 0 Å². The van der Waals surface area contributed by atoms with Crippen molar-refractivity contribution in [3.05, 3.63) is 0 Å². The molecule has 0 aromatic heterocycles. The standard InChI is InChI=1S/C4H10O2.ClH/c1-5-3-4-6-2;/h3-4H2,1-2H3;1H. The van der Waals surface area contributed by atoms with E-state index >= 15 is 0 Å². The number of hydrogen-bond donors (Lipinski definition) is 0. The van der Waals surface area contributed by atoms with E-state index in [1.165, 1.54) is 0 Å². The van der Waals surface area contributed by atoms with E-state index in [0.717, 1.165) is 0 Å². The Morgan fingerprint density at radius 1 is 1.00 bits per heavy atom. The van der Waals surface area contributed by atoms with E-state index < -0.39 is 0 Å². The van der Waals surface area contributed by atoms with Gasteiger partial charge < -0.3 is 9.47 Å². The van der Waals surface area contributed by atoms with Crippen LogP contribution in [-0.4, -0.2) is 27.4 Å². The van der Waals surface area contributed by atoms with Gasteiger partial charge in [0.15, 0.2) is 0 Å². The molecule has 0 fully saturated rings. The summed E-state index contributed by atoms with van der Waals surface area (Å²) < 4.78 is 9.31. The molecule has 46 valence electrons. The van der Waals surface area contributed by atoms with Gasteiger partial charge in [-0.05, 0) is 0 Å². The second-order valence-corrected chi connectivity index (χ2v) is 0.986. The van der Waals surface area contributed by atoms with Gasteiger partial charge >= 0.3 is 0 Å². The largest absolute Gasteiger partial charge is 0.382 e. The van der Waals surface area contributed by atoms with Gasteiger partial charge in [0.2, 0.25) is 0 Å². The van der Waals surface area contributed by atoms with E-state index in [9.17, 15) is 0 Å². The predicted molar refractivity (Wildman–Crippen MR) is 31.0 cm³/mol. The molecular formula is C4H11ClO2. The first-order valence-electron chi connectivity index (χ1n) is 1.89. The summed E-state index contributed by atoms with van der Waals surface area (Å²) in [5.41, 5.74) is 0. The van der Waals surface area contributed by atoms with Crippen LogP contribution < -0.4 is 0 Å². The van der Waals surface area contributed by atoms with Gasteiger partial charge in [-0.3, -0.25) is 0 Å². The van der Waals surface area contributed by atoms with Crippen LogP contribution in [0.3, 0.4) is 0 Å². The smallest absolute Gasteiger partial charge is 0.0696 e. The number of ether oxygens (including phenoxy) is 2. The molecule has 0 N–H and O–H groups in total. The molecule has 0 aromatic carbocycles. The molecule has 2 nitrogen and oxygen atoms in total. The molecule has 0 saturated carbocycles. The van der Waals surface area contributed by atoms with Crippen molar-refractivity contribution >= 4 is 12.4 Å². The van der Waals surface area contributed by atoms with Crippen molar-refractivity contribution < 1.29 is 9.47 Å². The zero-order valence-electron chi connectivity index (χ0n) is 4.64. The molecule has 0 aliphatic heterocycles. The Bertz CT molecular complexity index is 21.7. The Balaban J connectivity index is 0. The van der Waals surface area contributed by atoms with E-state index in [1.54, 1.807) is 14.2 Å². The minimum Gasteiger partial charge on any atom is -0.382 e. The maximum absolute atomic E-state index is 4.66. The Morgan fingerprint density at radius 2 is 1.29 bits per heavy atom. The summed E-state index contributed by atoms with van der Waals surface area (Å²) in [4.78, 5) is 0. The lowest BCUT2D eigenvalue weighted by atomic mass is 10.8. The van der Waals surface area contributed by atoms with Crippen LogP contribution in [0, 0.1) is 0 Å². The molecule has 0 atom stereocenters. The van der Waals surface area contributed by atoms with Crippen LogP contribution in [0.1, 0.15) is 0 Å². The van der Waals surface area contributed by atoms with E-state index in [-0.39, 0.29) is 12.4 Å². The maximum atomic E-state index is 4.66. The number of halogens is 1. The first-order chi connectivity index (χ1) is 2.91. The average molecular weight is 127 g/mol. The summed E-state index contributed by atoms with van der Waals surface area (Å²) in [6, 6.07) is 0. The second kappa shape index (κ2) is 9.51. The fourth-order valence-electron chi connectivity index (χ4n) is 0.167. The molecule has 0 spiro atoms. The fraction of sp³-hybridized carbons (Fsp3) is 1.00. The van der Waals surface area contributed by atoms with Crippen LogP contribution in [0.25, 0.3) is 0 Å². The highest BCUT2D eigenvalue weighted by molar-refractivity contribution is 5.85. The molecule has 0 rings (SSSR count). The van der Waals surface area contributed by atoms with Crippen LogP contribution in [0.15, 0.2) is 0 Å². The summed E-state index contributed by atoms with van der Waals surface area (Å²) in [5.74, 6) is 0. The first-order valence-corrected chi connectivity index (χ1v) is 1.89. The summed E-state index contributed by atoms with van der Waals surface area (Å²) in [7, 11) is 3.30. The number of hydrogen-bond acceptors (Lipinski definition) is 2. The molecule has 0 saturated heterocycles. The van der Waals surface area contributed by atoms with Crippen molar-refractivity contribution in [3.63, 3.8) is 0 Å². The van der Waals surface area contributed by atoms with Gasteiger partial charge in [0.1, 0.15) is 0 Å². The van der Waals surface area contributed by atoms with Crippen molar-refractivity contribution in [3.8, 4) is 0 Å². The number of rotatable bonds is 3. The third-order valence-electron chi connectivity index (χ3n) is 0.492. The Labute approximate surface area is 50.2 Å². The second-order valence-electron chi connectivity index (χ2n) is 0.986. The highest BCUT2D eigenvalue weighted by Gasteiger charge is 1.73. The number of methoxy groups -OCH3 is 2. The maximum Gasteiger partial charge on any atom is 0.0696 e. The van der Waals surface area contributed by atoms with Crippen LogP contribution in [0.5, 0.6) is 0 Å². The van der Waals surface area contributed by atoms with Gasteiger partial charge in [0.05, 0.1) is 13.2 Å². The normalized spacial score (nSPS) is 7.71. The molecule has 0 aromatic rings. The van der Waals surface area contributed by atoms with Gasteiger partial charge in [-0.2, -0.15) is 0 Å². The Morgan fingerprint density at radius 3 is 1.43 bits per heavy atom. The van der Waals surface area contributed by atoms with Crippen molar-refractivity contribution in [2.45, 2.75) is 0 Å². The molecule has 0 aliphatic rings. The molecule has 0 radical (unpaired) electrons. The summed E-state index contributed by atoms with van der Waals surface area (Å²) in [6.45, 7) is 1.38. The first kappa shape index (κ1) is 10.2. The quantitative estimate of drug-likeness (QED) is 0.519. The molecule has 0 heterocycles. The van der Waals surface area contributed by atoms with Gasteiger partial charge in [-0.1, -0.05) is 0 Å². The fourth-order valence-corrected chi connectivity index (χ4v) is 0.167. The third-order valence-corrected chi connectivity index (χ3v) is 0.492. The van der Waals surface area contributed by atoms with E-state index in [1.807, 2.05) is 0 Å². The highest BCUT2D eigenvalue weighted by atomic mass is 35.5. The predicted octanol–water partition coefficient (Wildman–Crippen LogP) is 0.701. The topological polar surface area (TPSA) is 18.5 Å². The molecule has 0 unspecified atom stereocenters. The van der Waals surface area contributed by atoms with Crippen molar-refractivity contribution in [1.82, 2.24) is 0 Å². The molecule has 0 amide bonds. The summed E-state index contributed by atoms with van der Waals surface area (Å²) >= 11 is 0. The molecular weight excluding hydrogens is 115 g/mol. The van der Waals surface area contributed by atoms with Crippen molar-refractivity contribution in [2.75, 3.05) is 27.4 Å². The minimum atomic E-state index is 0. The lowest BCUT2D eigenvalue weighted by Crippen LogP contribution is -1.96. The van der Waals surface area contributed by atoms with Gasteiger partial charge in [-0.15, -0.1) is 12.4 Å². The van der Waals surface area contributed by atoms with Gasteiger partial charge in [0, 0.05) is 14.2 Å². The Kier molecular flexibility index (Phi) is 13.9. The van der Waals surface area contributed by atoms with Gasteiger partial charge in [0.25, 0.3) is 0 Å². The van der Waals surface area contributed by atoms with Crippen LogP contribution in [-0.2, 0) is 9.47 Å². The Hall–Kier alpha value is 0.210. The van der Waals surface area contributed by atoms with Gasteiger partial charge in [-0.25, -0.2) is 0 Å². The minimum absolute atomic E-state index is 0. The summed E-state index contributed by atoms with van der Waals surface area (Å²) in [5, 5.41) is 0. The zero-order valence-corrected chi connectivity index (χ0v) is 5.46. The summed E-state index contributed by atoms with van der Waals surface area (Å²) in [6.07, 6.45) is 0. The molecule has 3 heteroatoms. The van der Waals surface area contributed by atoms with Crippen LogP contribution in [0.4, 0.5) is 0 Å². The van der Waals surface area contributed by atoms with E-state index in [0.29, 0.717) is 13.2 Å². The molecule has 0 bridgehead atoms. The van der Waals surface area contributed by atoms with Crippen molar-refractivity contribution in [2.24, 2.45) is 0 Å². The lowest BCUT2D eigenvalue weighted by Gasteiger charge is -1.91. The monoisotopic (exact) mass is 126 g/mol. The third kappa shape index (κ3) is 10.7. The van der Waals surface area contributed by atoms with Crippen LogP contribution >= 0.6 is 12.4 Å². The SMILES string of the molecule is COCCOC.Cl. The molecule has 0 aliphatic carbocycles. The van der Waals surface area contributed by atoms with E-state index in [2.05, 4.69) is 9.47 Å². The van der Waals surface area contributed by atoms with Crippen molar-refractivity contribution in [1.29, 1.82) is 0 Å². The average Bonchev–Trinajstić information content (AvgIpc) is 1.61. The lowest BCUT2D eigenvalue weighted by molar-refractivity contribution is 0.103.